The van der Waals surface area contributed by atoms with Crippen molar-refractivity contribution in [2.24, 2.45) is 0 Å². The van der Waals surface area contributed by atoms with Crippen LogP contribution in [0.15, 0.2) is 72.9 Å². The Morgan fingerprint density at radius 3 is 1.69 bits per heavy atom. The number of carbonyl (C=O) groups is 2. The number of phosphoric acid groups is 1. The molecule has 0 aliphatic heterocycles. The van der Waals surface area contributed by atoms with Gasteiger partial charge in [-0.15, -0.1) is 0 Å². The number of likely N-dealkylation sites (N-methyl/N-ethyl adjacent to an activating group) is 1. The molecule has 54 heavy (non-hydrogen) atoms. The van der Waals surface area contributed by atoms with Gasteiger partial charge in [0.25, 0.3) is 0 Å². The van der Waals surface area contributed by atoms with Gasteiger partial charge in [-0.05, 0) is 38.5 Å². The van der Waals surface area contributed by atoms with E-state index in [1.54, 1.807) is 6.08 Å². The lowest BCUT2D eigenvalue weighted by Gasteiger charge is -2.24. The molecule has 0 aromatic carbocycles. The zero-order chi connectivity index (χ0) is 40.0. The van der Waals surface area contributed by atoms with E-state index in [9.17, 15) is 19.0 Å². The van der Waals surface area contributed by atoms with Gasteiger partial charge in [0, 0.05) is 12.5 Å². The van der Waals surface area contributed by atoms with E-state index in [4.69, 9.17) is 18.5 Å². The van der Waals surface area contributed by atoms with Gasteiger partial charge < -0.3 is 18.9 Å². The molecule has 2 atom stereocenters. The van der Waals surface area contributed by atoms with Gasteiger partial charge in [0.05, 0.1) is 27.7 Å². The Kier molecular flexibility index (Phi) is 34.4. The molecule has 0 bridgehead atoms. The molecule has 0 rings (SSSR count). The molecule has 0 aliphatic rings. The minimum Gasteiger partial charge on any atom is -0.462 e. The Morgan fingerprint density at radius 2 is 1.13 bits per heavy atom. The van der Waals surface area contributed by atoms with Crippen LogP contribution in [0.4, 0.5) is 0 Å². The predicted octanol–water partition coefficient (Wildman–Crippen LogP) is 11.5. The van der Waals surface area contributed by atoms with Crippen molar-refractivity contribution in [3.63, 3.8) is 0 Å². The molecule has 0 heterocycles. The highest BCUT2D eigenvalue weighted by molar-refractivity contribution is 7.47. The highest BCUT2D eigenvalue weighted by atomic mass is 31.2. The Morgan fingerprint density at radius 1 is 0.630 bits per heavy atom. The fourth-order valence-corrected chi connectivity index (χ4v) is 5.91. The molecular formula is C44H77NO8P+. The van der Waals surface area contributed by atoms with Crippen molar-refractivity contribution in [3.05, 3.63) is 72.9 Å². The lowest BCUT2D eigenvalue weighted by molar-refractivity contribution is -0.870. The number of hydrogen-bond donors (Lipinski definition) is 1. The van der Waals surface area contributed by atoms with Gasteiger partial charge in [0.1, 0.15) is 19.8 Å². The van der Waals surface area contributed by atoms with Gasteiger partial charge in [-0.25, -0.2) is 9.36 Å². The summed E-state index contributed by atoms with van der Waals surface area (Å²) < 4.78 is 34.0. The summed E-state index contributed by atoms with van der Waals surface area (Å²) in [6.07, 6.45) is 44.4. The molecule has 0 saturated carbocycles. The van der Waals surface area contributed by atoms with Gasteiger partial charge in [-0.3, -0.25) is 13.8 Å². The fourth-order valence-electron chi connectivity index (χ4n) is 5.17. The largest absolute Gasteiger partial charge is 0.472 e. The van der Waals surface area contributed by atoms with Gasteiger partial charge in [0.15, 0.2) is 6.10 Å². The standard InChI is InChI=1S/C44H76NO8P/c1-6-8-10-12-14-16-18-20-22-24-26-28-30-32-34-36-43(46)50-40-42(41-52-54(48,49)51-39-38-45(3,4)5)53-44(47)37-35-33-31-29-27-25-23-21-19-17-15-13-11-9-7-2/h8,10,12,14,16,18,20,22,31,33,35,37,42H,6-7,9,11,13,15,17,19,21,23-30,32,34,36,38-41H2,1-5H3/p+1/b10-8+,14-12+,18-16+,22-20+,33-31+,37-35+/t42-/m1/s1. The summed E-state index contributed by atoms with van der Waals surface area (Å²) in [4.78, 5) is 35.2. The highest BCUT2D eigenvalue weighted by Crippen LogP contribution is 2.43. The van der Waals surface area contributed by atoms with Crippen LogP contribution < -0.4 is 0 Å². The zero-order valence-electron chi connectivity index (χ0n) is 34.7. The van der Waals surface area contributed by atoms with Crippen LogP contribution in [-0.4, -0.2) is 74.9 Å². The maximum absolute atomic E-state index is 12.6. The summed E-state index contributed by atoms with van der Waals surface area (Å²) in [5, 5.41) is 0. The summed E-state index contributed by atoms with van der Waals surface area (Å²) in [6, 6.07) is 0. The summed E-state index contributed by atoms with van der Waals surface area (Å²) in [7, 11) is 1.40. The normalized spacial score (nSPS) is 14.4. The van der Waals surface area contributed by atoms with Gasteiger partial charge in [-0.1, -0.05) is 164 Å². The third kappa shape index (κ3) is 39.2. The number of rotatable bonds is 36. The maximum atomic E-state index is 12.6. The predicted molar refractivity (Wildman–Crippen MR) is 224 cm³/mol. The molecule has 10 heteroatoms. The minimum absolute atomic E-state index is 0.00821. The van der Waals surface area contributed by atoms with Crippen molar-refractivity contribution in [1.29, 1.82) is 0 Å². The van der Waals surface area contributed by atoms with E-state index in [0.717, 1.165) is 51.4 Å². The quantitative estimate of drug-likeness (QED) is 0.0167. The number of unbranched alkanes of at least 4 members (excludes halogenated alkanes) is 16. The minimum atomic E-state index is -4.41. The number of carbonyl (C=O) groups excluding carboxylic acids is 2. The van der Waals surface area contributed by atoms with Crippen molar-refractivity contribution >= 4 is 19.8 Å². The second-order valence-corrected chi connectivity index (χ2v) is 16.3. The average molecular weight is 779 g/mol. The first-order valence-electron chi connectivity index (χ1n) is 20.8. The Labute approximate surface area is 329 Å². The molecule has 1 N–H and O–H groups in total. The molecule has 0 aliphatic carbocycles. The third-order valence-corrected chi connectivity index (χ3v) is 9.41. The summed E-state index contributed by atoms with van der Waals surface area (Å²) in [5.41, 5.74) is 0. The number of quaternary nitrogens is 1. The van der Waals surface area contributed by atoms with Crippen molar-refractivity contribution < 1.29 is 42.1 Å². The third-order valence-electron chi connectivity index (χ3n) is 8.42. The van der Waals surface area contributed by atoms with Crippen molar-refractivity contribution in [2.75, 3.05) is 47.5 Å². The highest BCUT2D eigenvalue weighted by Gasteiger charge is 2.26. The van der Waals surface area contributed by atoms with Crippen molar-refractivity contribution in [3.8, 4) is 0 Å². The summed E-state index contributed by atoms with van der Waals surface area (Å²) in [5.74, 6) is -1.09. The molecule has 310 valence electrons. The van der Waals surface area contributed by atoms with E-state index < -0.39 is 32.5 Å². The summed E-state index contributed by atoms with van der Waals surface area (Å²) >= 11 is 0. The molecule has 1 unspecified atom stereocenters. The average Bonchev–Trinajstić information content (AvgIpc) is 3.12. The molecule has 0 fully saturated rings. The van der Waals surface area contributed by atoms with Crippen molar-refractivity contribution in [1.82, 2.24) is 0 Å². The molecule has 0 aromatic rings. The van der Waals surface area contributed by atoms with Gasteiger partial charge in [0.2, 0.25) is 0 Å². The van der Waals surface area contributed by atoms with Crippen LogP contribution in [0.25, 0.3) is 0 Å². The number of allylic oxidation sites excluding steroid dienone is 11. The van der Waals surface area contributed by atoms with Crippen molar-refractivity contribution in [2.45, 2.75) is 148 Å². The van der Waals surface area contributed by atoms with Crippen LogP contribution in [0.5, 0.6) is 0 Å². The first-order chi connectivity index (χ1) is 26.0. The SMILES string of the molecule is CC/C=C/C=C/C=C/C=C/CCCCCCCC(=O)OC[C@H](COP(=O)(O)OCC[N+](C)(C)C)OC(=O)/C=C/C=C/CCCCCCCCCCCCC. The zero-order valence-corrected chi connectivity index (χ0v) is 35.6. The number of ether oxygens (including phenoxy) is 2. The van der Waals surface area contributed by atoms with Crippen LogP contribution in [0.2, 0.25) is 0 Å². The molecule has 0 radical (unpaired) electrons. The smallest absolute Gasteiger partial charge is 0.462 e. The van der Waals surface area contributed by atoms with Crippen LogP contribution >= 0.6 is 7.82 Å². The van der Waals surface area contributed by atoms with E-state index in [2.05, 4.69) is 32.1 Å². The number of nitrogens with zero attached hydrogens (tertiary/aromatic N) is 1. The van der Waals surface area contributed by atoms with E-state index in [0.29, 0.717) is 17.4 Å². The van der Waals surface area contributed by atoms with E-state index >= 15 is 0 Å². The molecule has 0 aromatic heterocycles. The first-order valence-corrected chi connectivity index (χ1v) is 22.3. The fraction of sp³-hybridized carbons (Fsp3) is 0.682. The second-order valence-electron chi connectivity index (χ2n) is 14.8. The van der Waals surface area contributed by atoms with Crippen LogP contribution in [0, 0.1) is 0 Å². The molecular weight excluding hydrogens is 701 g/mol. The molecule has 0 spiro atoms. The summed E-state index contributed by atoms with van der Waals surface area (Å²) in [6.45, 7) is 4.10. The second kappa shape index (κ2) is 36.1. The van der Waals surface area contributed by atoms with Crippen LogP contribution in [0.3, 0.4) is 0 Å². The lowest BCUT2D eigenvalue weighted by Crippen LogP contribution is -2.37. The first kappa shape index (κ1) is 51.5. The molecule has 0 saturated heterocycles. The maximum Gasteiger partial charge on any atom is 0.472 e. The van der Waals surface area contributed by atoms with Crippen LogP contribution in [0.1, 0.15) is 142 Å². The van der Waals surface area contributed by atoms with E-state index in [1.807, 2.05) is 63.7 Å². The number of hydrogen-bond acceptors (Lipinski definition) is 7. The molecule has 9 nitrogen and oxygen atoms in total. The lowest BCUT2D eigenvalue weighted by atomic mass is 10.1. The van der Waals surface area contributed by atoms with Gasteiger partial charge in [-0.2, -0.15) is 0 Å². The van der Waals surface area contributed by atoms with Gasteiger partial charge >= 0.3 is 19.8 Å². The Bertz CT molecular complexity index is 1150. The molecule has 0 amide bonds. The van der Waals surface area contributed by atoms with E-state index in [-0.39, 0.29) is 19.6 Å². The number of esters is 2. The topological polar surface area (TPSA) is 108 Å². The Hall–Kier alpha value is -2.55. The number of phosphoric ester groups is 1. The Balaban J connectivity index is 4.56. The monoisotopic (exact) mass is 779 g/mol. The van der Waals surface area contributed by atoms with Crippen LogP contribution in [-0.2, 0) is 32.7 Å². The van der Waals surface area contributed by atoms with E-state index in [1.165, 1.54) is 70.3 Å².